The first-order valence-corrected chi connectivity index (χ1v) is 9.38. The molecule has 0 bridgehead atoms. The van der Waals surface area contributed by atoms with E-state index in [0.29, 0.717) is 0 Å². The van der Waals surface area contributed by atoms with Gasteiger partial charge in [-0.3, -0.25) is 10.1 Å². The number of piperidine rings is 1. The Labute approximate surface area is 142 Å². The maximum Gasteiger partial charge on any atom is 0.322 e. The van der Waals surface area contributed by atoms with Crippen LogP contribution >= 0.6 is 15.9 Å². The fraction of sp³-hybridized carbons (Fsp3) is 0.429. The van der Waals surface area contributed by atoms with Gasteiger partial charge in [0.15, 0.2) is 0 Å². The van der Waals surface area contributed by atoms with Gasteiger partial charge in [-0.15, -0.1) is 0 Å². The number of urea groups is 1. The highest BCUT2D eigenvalue weighted by atomic mass is 79.9. The molecule has 0 radical (unpaired) electrons. The van der Waals surface area contributed by atoms with Gasteiger partial charge in [0.2, 0.25) is 10.0 Å². The molecule has 3 amide bonds. The quantitative estimate of drug-likeness (QED) is 0.725. The first-order valence-electron chi connectivity index (χ1n) is 7.14. The van der Waals surface area contributed by atoms with Crippen LogP contribution in [0.1, 0.15) is 18.4 Å². The van der Waals surface area contributed by atoms with Gasteiger partial charge >= 0.3 is 6.03 Å². The Morgan fingerprint density at radius 3 is 2.39 bits per heavy atom. The van der Waals surface area contributed by atoms with Crippen LogP contribution in [0.5, 0.6) is 0 Å². The lowest BCUT2D eigenvalue weighted by atomic mass is 9.89. The van der Waals surface area contributed by atoms with E-state index in [1.54, 1.807) is 18.2 Å². The Morgan fingerprint density at radius 1 is 1.22 bits per heavy atom. The highest BCUT2D eigenvalue weighted by molar-refractivity contribution is 9.10. The van der Waals surface area contributed by atoms with E-state index in [2.05, 4.69) is 26.6 Å². The number of halogens is 1. The van der Waals surface area contributed by atoms with Crippen molar-refractivity contribution in [2.75, 3.05) is 13.1 Å². The number of hydrogen-bond donors (Lipinski definition) is 2. The summed E-state index contributed by atoms with van der Waals surface area (Å²) in [6, 6.07) is 4.36. The first kappa shape index (κ1) is 16.4. The molecule has 9 heteroatoms. The number of nitrogens with zero attached hydrogens (tertiary/aromatic N) is 1. The Morgan fingerprint density at radius 2 is 1.87 bits per heavy atom. The smallest absolute Gasteiger partial charge is 0.322 e. The average Bonchev–Trinajstić information content (AvgIpc) is 2.76. The highest BCUT2D eigenvalue weighted by Gasteiger charge is 2.49. The second-order valence-electron chi connectivity index (χ2n) is 5.81. The van der Waals surface area contributed by atoms with Gasteiger partial charge in [-0.05, 0) is 43.5 Å². The van der Waals surface area contributed by atoms with E-state index in [1.807, 2.05) is 6.92 Å². The van der Waals surface area contributed by atoms with E-state index in [9.17, 15) is 18.0 Å². The zero-order valence-electron chi connectivity index (χ0n) is 12.4. The van der Waals surface area contributed by atoms with Crippen LogP contribution in [0.15, 0.2) is 27.6 Å². The minimum Gasteiger partial charge on any atom is -0.323 e. The van der Waals surface area contributed by atoms with Crippen LogP contribution in [-0.2, 0) is 14.8 Å². The van der Waals surface area contributed by atoms with Gasteiger partial charge in [-0.2, -0.15) is 4.31 Å². The number of rotatable bonds is 2. The number of nitrogens with one attached hydrogen (secondary N) is 2. The monoisotopic (exact) mass is 401 g/mol. The van der Waals surface area contributed by atoms with E-state index < -0.39 is 21.6 Å². The molecule has 0 saturated carbocycles. The van der Waals surface area contributed by atoms with Crippen LogP contribution in [0.4, 0.5) is 4.79 Å². The Bertz CT molecular complexity index is 785. The molecule has 2 fully saturated rings. The molecular weight excluding hydrogens is 386 g/mol. The molecule has 1 spiro atoms. The molecule has 0 unspecified atom stereocenters. The molecule has 0 aromatic heterocycles. The molecule has 0 aliphatic carbocycles. The van der Waals surface area contributed by atoms with Crippen molar-refractivity contribution < 1.29 is 18.0 Å². The number of carbonyl (C=O) groups is 2. The van der Waals surface area contributed by atoms with Gasteiger partial charge in [-0.1, -0.05) is 15.9 Å². The lowest BCUT2D eigenvalue weighted by molar-refractivity contribution is -0.125. The summed E-state index contributed by atoms with van der Waals surface area (Å²) >= 11 is 3.35. The lowest BCUT2D eigenvalue weighted by Crippen LogP contribution is -2.55. The third-order valence-corrected chi connectivity index (χ3v) is 7.14. The predicted molar refractivity (Wildman–Crippen MR) is 86.3 cm³/mol. The van der Waals surface area contributed by atoms with Crippen LogP contribution in [0.25, 0.3) is 0 Å². The normalized spacial score (nSPS) is 21.3. The molecule has 0 atom stereocenters. The van der Waals surface area contributed by atoms with Gasteiger partial charge in [0.05, 0.1) is 4.90 Å². The SMILES string of the molecule is Cc1cc(S(=O)(=O)N2CCC3(CC2)NC(=O)NC3=O)ccc1Br. The fourth-order valence-corrected chi connectivity index (χ4v) is 4.69. The van der Waals surface area contributed by atoms with Crippen LogP contribution in [0, 0.1) is 6.92 Å². The van der Waals surface area contributed by atoms with Crippen molar-refractivity contribution in [3.63, 3.8) is 0 Å². The van der Waals surface area contributed by atoms with Crippen molar-refractivity contribution in [2.45, 2.75) is 30.2 Å². The number of amides is 3. The molecule has 3 rings (SSSR count). The van der Waals surface area contributed by atoms with Crippen molar-refractivity contribution in [1.82, 2.24) is 14.9 Å². The molecule has 2 saturated heterocycles. The number of carbonyl (C=O) groups excluding carboxylic acids is 2. The minimum atomic E-state index is -3.61. The maximum atomic E-state index is 12.7. The Kier molecular flexibility index (Phi) is 3.97. The molecule has 1 aromatic rings. The van der Waals surface area contributed by atoms with Gasteiger partial charge in [-0.25, -0.2) is 13.2 Å². The van der Waals surface area contributed by atoms with Crippen LogP contribution in [-0.4, -0.2) is 43.3 Å². The first-order chi connectivity index (χ1) is 10.7. The summed E-state index contributed by atoms with van der Waals surface area (Å²) in [6.45, 7) is 2.20. The molecule has 2 aliphatic heterocycles. The summed E-state index contributed by atoms with van der Waals surface area (Å²) < 4.78 is 27.7. The molecule has 7 nitrogen and oxygen atoms in total. The summed E-state index contributed by atoms with van der Waals surface area (Å²) in [4.78, 5) is 23.4. The predicted octanol–water partition coefficient (Wildman–Crippen LogP) is 1.12. The summed E-state index contributed by atoms with van der Waals surface area (Å²) in [5.41, 5.74) is -0.138. The minimum absolute atomic E-state index is 0.186. The lowest BCUT2D eigenvalue weighted by Gasteiger charge is -2.36. The Balaban J connectivity index is 1.80. The van der Waals surface area contributed by atoms with Gasteiger partial charge in [0, 0.05) is 17.6 Å². The van der Waals surface area contributed by atoms with E-state index in [-0.39, 0.29) is 36.7 Å². The van der Waals surface area contributed by atoms with E-state index in [4.69, 9.17) is 0 Å². The number of benzene rings is 1. The average molecular weight is 402 g/mol. The zero-order valence-corrected chi connectivity index (χ0v) is 14.8. The van der Waals surface area contributed by atoms with E-state index in [0.717, 1.165) is 10.0 Å². The van der Waals surface area contributed by atoms with E-state index in [1.165, 1.54) is 4.31 Å². The van der Waals surface area contributed by atoms with Crippen molar-refractivity contribution >= 4 is 37.9 Å². The van der Waals surface area contributed by atoms with Crippen molar-refractivity contribution in [3.05, 3.63) is 28.2 Å². The molecule has 2 heterocycles. The number of aryl methyl sites for hydroxylation is 1. The molecule has 2 aliphatic rings. The van der Waals surface area contributed by atoms with Crippen molar-refractivity contribution in [3.8, 4) is 0 Å². The van der Waals surface area contributed by atoms with Gasteiger partial charge in [0.25, 0.3) is 5.91 Å². The standard InChI is InChI=1S/C14H16BrN3O4S/c1-9-8-10(2-3-11(9)15)23(21,22)18-6-4-14(5-7-18)12(19)16-13(20)17-14/h2-3,8H,4-7H2,1H3,(H2,16,17,19,20). The van der Waals surface area contributed by atoms with Crippen molar-refractivity contribution in [2.24, 2.45) is 0 Å². The third-order valence-electron chi connectivity index (χ3n) is 4.36. The number of hydrogen-bond acceptors (Lipinski definition) is 4. The second-order valence-corrected chi connectivity index (χ2v) is 8.60. The molecule has 1 aromatic carbocycles. The molecular formula is C14H16BrN3O4S. The van der Waals surface area contributed by atoms with Gasteiger partial charge in [0.1, 0.15) is 5.54 Å². The van der Waals surface area contributed by atoms with Gasteiger partial charge < -0.3 is 5.32 Å². The van der Waals surface area contributed by atoms with E-state index >= 15 is 0 Å². The second kappa shape index (κ2) is 5.57. The maximum absolute atomic E-state index is 12.7. The number of imide groups is 1. The zero-order chi connectivity index (χ0) is 16.8. The van der Waals surface area contributed by atoms with Crippen LogP contribution in [0.3, 0.4) is 0 Å². The van der Waals surface area contributed by atoms with Crippen molar-refractivity contribution in [1.29, 1.82) is 0 Å². The Hall–Kier alpha value is -1.45. The fourth-order valence-electron chi connectivity index (χ4n) is 2.92. The van der Waals surface area contributed by atoms with Crippen LogP contribution in [0.2, 0.25) is 0 Å². The summed E-state index contributed by atoms with van der Waals surface area (Å²) in [5.74, 6) is -0.376. The molecule has 124 valence electrons. The summed E-state index contributed by atoms with van der Waals surface area (Å²) in [6.07, 6.45) is 0.526. The molecule has 23 heavy (non-hydrogen) atoms. The number of sulfonamides is 1. The topological polar surface area (TPSA) is 95.6 Å². The van der Waals surface area contributed by atoms with Crippen LogP contribution < -0.4 is 10.6 Å². The summed E-state index contributed by atoms with van der Waals surface area (Å²) in [5, 5.41) is 4.83. The summed E-state index contributed by atoms with van der Waals surface area (Å²) in [7, 11) is -3.61. The third kappa shape index (κ3) is 2.77. The largest absolute Gasteiger partial charge is 0.323 e. The molecule has 2 N–H and O–H groups in total. The highest BCUT2D eigenvalue weighted by Crippen LogP contribution is 2.30.